The first-order valence-corrected chi connectivity index (χ1v) is 4.30. The van der Waals surface area contributed by atoms with Crippen LogP contribution < -0.4 is 11.1 Å². The van der Waals surface area contributed by atoms with E-state index in [0.29, 0.717) is 0 Å². The molecule has 0 aromatic heterocycles. The molecule has 3 N–H and O–H groups in total. The zero-order valence-electron chi connectivity index (χ0n) is 3.38. The van der Waals surface area contributed by atoms with Crippen LogP contribution in [0, 0.1) is 0 Å². The Morgan fingerprint density at radius 1 is 1.86 bits per heavy atom. The molecule has 0 aromatic rings. The van der Waals surface area contributed by atoms with E-state index in [4.69, 9.17) is 18.0 Å². The van der Waals surface area contributed by atoms with Crippen LogP contribution >= 0.6 is 33.8 Å². The Balaban J connectivity index is 2.40. The van der Waals surface area contributed by atoms with Crippen molar-refractivity contribution in [3.8, 4) is 0 Å². The Kier molecular flexibility index (Phi) is 1.80. The fourth-order valence-corrected chi connectivity index (χ4v) is 2.28. The Bertz CT molecular complexity index is 92.9. The minimum absolute atomic E-state index is 0.0116. The first-order chi connectivity index (χ1) is 3.29. The molecule has 0 radical (unpaired) electrons. The third-order valence-electron chi connectivity index (χ3n) is 0.488. The monoisotopic (exact) mass is 152 g/mol. The van der Waals surface area contributed by atoms with Gasteiger partial charge in [-0.25, -0.2) is 0 Å². The smallest absolute Gasteiger partial charge is 0.146 e. The Hall–Kier alpha value is 0.550. The van der Waals surface area contributed by atoms with E-state index in [1.807, 2.05) is 0 Å². The summed E-state index contributed by atoms with van der Waals surface area (Å²) in [5.41, 5.74) is 5.38. The summed E-state index contributed by atoms with van der Waals surface area (Å²) in [7, 11) is 3.06. The van der Waals surface area contributed by atoms with E-state index in [0.717, 1.165) is 4.32 Å². The molecule has 40 valence electrons. The molecule has 1 fully saturated rings. The highest BCUT2D eigenvalue weighted by molar-refractivity contribution is 8.84. The maximum atomic E-state index is 5.37. The van der Waals surface area contributed by atoms with Gasteiger partial charge in [0.15, 0.2) is 0 Å². The summed E-state index contributed by atoms with van der Waals surface area (Å²) >= 11 is 4.75. The van der Waals surface area contributed by atoms with Crippen molar-refractivity contribution in [1.82, 2.24) is 5.32 Å². The first kappa shape index (κ1) is 5.68. The molecule has 1 aliphatic heterocycles. The van der Waals surface area contributed by atoms with Crippen LogP contribution in [0.2, 0.25) is 0 Å². The molecule has 0 aromatic carbocycles. The molecule has 2 nitrogen and oxygen atoms in total. The molecule has 7 heavy (non-hydrogen) atoms. The normalized spacial score (nSPS) is 30.4. The highest BCUT2D eigenvalue weighted by atomic mass is 33.1. The van der Waals surface area contributed by atoms with Gasteiger partial charge in [-0.15, -0.1) is 0 Å². The number of hydrogen-bond acceptors (Lipinski definition) is 4. The van der Waals surface area contributed by atoms with Crippen LogP contribution in [-0.4, -0.2) is 9.82 Å². The third-order valence-corrected chi connectivity index (χ3v) is 3.27. The molecule has 1 unspecified atom stereocenters. The number of nitrogens with one attached hydrogen (secondary N) is 1. The molecule has 0 amide bonds. The average Bonchev–Trinajstić information content (AvgIpc) is 1.87. The zero-order valence-corrected chi connectivity index (χ0v) is 5.83. The molecule has 1 aliphatic rings. The molecule has 1 rings (SSSR count). The molecule has 0 saturated carbocycles. The van der Waals surface area contributed by atoms with Crippen LogP contribution in [0.5, 0.6) is 0 Å². The predicted molar refractivity (Wildman–Crippen MR) is 38.9 cm³/mol. The van der Waals surface area contributed by atoms with E-state index >= 15 is 0 Å². The molecule has 0 aliphatic carbocycles. The van der Waals surface area contributed by atoms with Crippen molar-refractivity contribution < 1.29 is 0 Å². The molecule has 1 atom stereocenters. The minimum Gasteiger partial charge on any atom is -0.346 e. The van der Waals surface area contributed by atoms with E-state index in [-0.39, 0.29) is 5.50 Å². The molecule has 1 heterocycles. The van der Waals surface area contributed by atoms with E-state index in [9.17, 15) is 0 Å². The zero-order chi connectivity index (χ0) is 5.28. The van der Waals surface area contributed by atoms with Crippen LogP contribution in [0.1, 0.15) is 0 Å². The average molecular weight is 152 g/mol. The molecular formula is C2H4N2S3. The Labute approximate surface area is 55.0 Å². The van der Waals surface area contributed by atoms with Crippen molar-refractivity contribution in [3.05, 3.63) is 0 Å². The van der Waals surface area contributed by atoms with Crippen LogP contribution in [0.15, 0.2) is 0 Å². The summed E-state index contributed by atoms with van der Waals surface area (Å²) < 4.78 is 0.789. The van der Waals surface area contributed by atoms with Crippen molar-refractivity contribution >= 4 is 38.1 Å². The fraction of sp³-hybridized carbons (Fsp3) is 0.500. The second kappa shape index (κ2) is 2.21. The number of rotatable bonds is 0. The summed E-state index contributed by atoms with van der Waals surface area (Å²) in [6, 6.07) is 0. The fourth-order valence-electron chi connectivity index (χ4n) is 0.260. The number of hydrogen-bond donors (Lipinski definition) is 2. The van der Waals surface area contributed by atoms with Gasteiger partial charge in [0.05, 0.1) is 0 Å². The topological polar surface area (TPSA) is 38.0 Å². The van der Waals surface area contributed by atoms with Crippen molar-refractivity contribution in [2.24, 2.45) is 5.73 Å². The summed E-state index contributed by atoms with van der Waals surface area (Å²) in [6.45, 7) is 0. The second-order valence-electron chi connectivity index (χ2n) is 1.03. The molecule has 1 saturated heterocycles. The summed E-state index contributed by atoms with van der Waals surface area (Å²) in [6.07, 6.45) is 0. The van der Waals surface area contributed by atoms with E-state index in [1.165, 1.54) is 10.8 Å². The van der Waals surface area contributed by atoms with Gasteiger partial charge in [0.2, 0.25) is 0 Å². The van der Waals surface area contributed by atoms with E-state index in [2.05, 4.69) is 5.32 Å². The van der Waals surface area contributed by atoms with Gasteiger partial charge in [0.25, 0.3) is 0 Å². The predicted octanol–water partition coefficient (Wildman–Crippen LogP) is 0.498. The Morgan fingerprint density at radius 2 is 2.57 bits per heavy atom. The molecule has 0 spiro atoms. The van der Waals surface area contributed by atoms with Gasteiger partial charge in [0.1, 0.15) is 9.82 Å². The van der Waals surface area contributed by atoms with Crippen LogP contribution in [0.3, 0.4) is 0 Å². The van der Waals surface area contributed by atoms with Crippen molar-refractivity contribution in [2.75, 3.05) is 0 Å². The lowest BCUT2D eigenvalue weighted by atomic mass is 11.1. The first-order valence-electron chi connectivity index (χ1n) is 1.68. The quantitative estimate of drug-likeness (QED) is 0.390. The van der Waals surface area contributed by atoms with Gasteiger partial charge < -0.3 is 11.1 Å². The van der Waals surface area contributed by atoms with Crippen LogP contribution in [0.4, 0.5) is 0 Å². The summed E-state index contributed by atoms with van der Waals surface area (Å²) in [4.78, 5) is 0. The van der Waals surface area contributed by atoms with Gasteiger partial charge >= 0.3 is 0 Å². The standard InChI is InChI=1S/C2H4N2S3/c3-1-4-2(5)7-6-1/h1H,3H2,(H,4,5). The van der Waals surface area contributed by atoms with Crippen molar-refractivity contribution in [2.45, 2.75) is 5.50 Å². The lowest BCUT2D eigenvalue weighted by molar-refractivity contribution is 0.889. The van der Waals surface area contributed by atoms with Gasteiger partial charge in [-0.05, 0) is 21.6 Å². The summed E-state index contributed by atoms with van der Waals surface area (Å²) in [5.74, 6) is 0. The lowest BCUT2D eigenvalue weighted by Gasteiger charge is -1.95. The van der Waals surface area contributed by atoms with E-state index < -0.39 is 0 Å². The Morgan fingerprint density at radius 3 is 2.71 bits per heavy atom. The number of thiocarbonyl (C=S) groups is 1. The van der Waals surface area contributed by atoms with Gasteiger partial charge in [0, 0.05) is 0 Å². The second-order valence-corrected chi connectivity index (χ2v) is 4.05. The minimum atomic E-state index is 0.0116. The lowest BCUT2D eigenvalue weighted by Crippen LogP contribution is -2.30. The van der Waals surface area contributed by atoms with E-state index in [1.54, 1.807) is 10.8 Å². The van der Waals surface area contributed by atoms with Crippen LogP contribution in [-0.2, 0) is 0 Å². The molecule has 5 heteroatoms. The summed E-state index contributed by atoms with van der Waals surface area (Å²) in [5, 5.41) is 2.85. The van der Waals surface area contributed by atoms with Gasteiger partial charge in [-0.1, -0.05) is 12.2 Å². The highest BCUT2D eigenvalue weighted by Gasteiger charge is 2.13. The third kappa shape index (κ3) is 1.49. The number of nitrogens with two attached hydrogens (primary N) is 1. The maximum Gasteiger partial charge on any atom is 0.146 e. The largest absolute Gasteiger partial charge is 0.346 e. The van der Waals surface area contributed by atoms with Gasteiger partial charge in [-0.2, -0.15) is 0 Å². The van der Waals surface area contributed by atoms with Crippen molar-refractivity contribution in [3.63, 3.8) is 0 Å². The molecule has 0 bridgehead atoms. The van der Waals surface area contributed by atoms with Crippen molar-refractivity contribution in [1.29, 1.82) is 0 Å². The maximum absolute atomic E-state index is 5.37. The molecular weight excluding hydrogens is 148 g/mol. The SMILES string of the molecule is NC1NC(=S)SS1. The van der Waals surface area contributed by atoms with Gasteiger partial charge in [-0.3, -0.25) is 0 Å². The highest BCUT2D eigenvalue weighted by Crippen LogP contribution is 2.29. The van der Waals surface area contributed by atoms with Crippen LogP contribution in [0.25, 0.3) is 0 Å².